The minimum atomic E-state index is -0.0858. The first-order valence-corrected chi connectivity index (χ1v) is 10.9. The lowest BCUT2D eigenvalue weighted by Crippen LogP contribution is -2.42. The molecular formula is C20H21N3O2S2. The van der Waals surface area contributed by atoms with E-state index in [0.29, 0.717) is 19.5 Å². The van der Waals surface area contributed by atoms with Gasteiger partial charge in [0, 0.05) is 30.6 Å². The second-order valence-corrected chi connectivity index (χ2v) is 8.80. The van der Waals surface area contributed by atoms with E-state index in [0.717, 1.165) is 34.8 Å². The van der Waals surface area contributed by atoms with Gasteiger partial charge in [-0.25, -0.2) is 4.68 Å². The fraction of sp³-hybridized carbons (Fsp3) is 0.350. The molecule has 3 aromatic heterocycles. The van der Waals surface area contributed by atoms with Gasteiger partial charge < -0.3 is 4.90 Å². The Labute approximate surface area is 165 Å². The van der Waals surface area contributed by atoms with Crippen LogP contribution in [0.25, 0.3) is 10.6 Å². The van der Waals surface area contributed by atoms with Crippen LogP contribution in [0.3, 0.4) is 0 Å². The van der Waals surface area contributed by atoms with E-state index in [2.05, 4.69) is 5.10 Å². The van der Waals surface area contributed by atoms with E-state index in [-0.39, 0.29) is 17.4 Å². The molecule has 1 aliphatic rings. The van der Waals surface area contributed by atoms with Gasteiger partial charge in [-0.3, -0.25) is 9.59 Å². The molecule has 0 aromatic carbocycles. The van der Waals surface area contributed by atoms with E-state index in [1.54, 1.807) is 39.5 Å². The molecule has 1 fully saturated rings. The van der Waals surface area contributed by atoms with Crippen LogP contribution in [0.1, 0.15) is 17.7 Å². The predicted octanol–water partition coefficient (Wildman–Crippen LogP) is 3.51. The predicted molar refractivity (Wildman–Crippen MR) is 109 cm³/mol. The summed E-state index contributed by atoms with van der Waals surface area (Å²) in [5.41, 5.74) is 0.739. The number of thiophene rings is 2. The highest BCUT2D eigenvalue weighted by Gasteiger charge is 2.24. The van der Waals surface area contributed by atoms with Crippen LogP contribution in [-0.4, -0.2) is 33.7 Å². The van der Waals surface area contributed by atoms with Crippen LogP contribution in [0, 0.1) is 5.92 Å². The van der Waals surface area contributed by atoms with Crippen molar-refractivity contribution in [2.75, 3.05) is 13.1 Å². The number of piperidine rings is 1. The second kappa shape index (κ2) is 8.19. The normalized spacial score (nSPS) is 17.2. The van der Waals surface area contributed by atoms with Crippen molar-refractivity contribution < 1.29 is 4.79 Å². The molecule has 0 aliphatic carbocycles. The van der Waals surface area contributed by atoms with Crippen molar-refractivity contribution in [2.45, 2.75) is 25.8 Å². The molecule has 4 heterocycles. The molecule has 0 unspecified atom stereocenters. The maximum Gasteiger partial charge on any atom is 0.266 e. The fourth-order valence-corrected chi connectivity index (χ4v) is 4.88. The Balaban J connectivity index is 1.44. The number of rotatable bonds is 5. The molecule has 0 saturated carbocycles. The quantitative estimate of drug-likeness (QED) is 0.660. The number of nitrogens with zero attached hydrogens (tertiary/aromatic N) is 3. The van der Waals surface area contributed by atoms with Crippen LogP contribution >= 0.6 is 22.7 Å². The average Bonchev–Trinajstić information content (AvgIpc) is 3.38. The molecule has 0 N–H and O–H groups in total. The van der Waals surface area contributed by atoms with E-state index in [4.69, 9.17) is 0 Å². The molecule has 0 radical (unpaired) electrons. The van der Waals surface area contributed by atoms with Crippen molar-refractivity contribution in [2.24, 2.45) is 5.92 Å². The van der Waals surface area contributed by atoms with Crippen LogP contribution in [0.15, 0.2) is 52.0 Å². The highest BCUT2D eigenvalue weighted by molar-refractivity contribution is 7.13. The first-order valence-electron chi connectivity index (χ1n) is 9.11. The molecule has 27 heavy (non-hydrogen) atoms. The maximum absolute atomic E-state index is 12.6. The van der Waals surface area contributed by atoms with E-state index < -0.39 is 0 Å². The average molecular weight is 400 g/mol. The lowest BCUT2D eigenvalue weighted by atomic mass is 9.97. The van der Waals surface area contributed by atoms with Crippen LogP contribution < -0.4 is 5.56 Å². The summed E-state index contributed by atoms with van der Waals surface area (Å²) in [4.78, 5) is 29.0. The van der Waals surface area contributed by atoms with Gasteiger partial charge in [0.05, 0.1) is 11.3 Å². The third-order valence-corrected chi connectivity index (χ3v) is 6.62. The Morgan fingerprint density at radius 3 is 2.78 bits per heavy atom. The van der Waals surface area contributed by atoms with Crippen LogP contribution in [0.5, 0.6) is 0 Å². The van der Waals surface area contributed by atoms with Crippen molar-refractivity contribution in [3.63, 3.8) is 0 Å². The Kier molecular flexibility index (Phi) is 5.50. The zero-order chi connectivity index (χ0) is 18.6. The summed E-state index contributed by atoms with van der Waals surface area (Å²) in [7, 11) is 0. The molecule has 5 nitrogen and oxygen atoms in total. The Hall–Kier alpha value is -2.25. The van der Waals surface area contributed by atoms with Crippen LogP contribution in [-0.2, 0) is 17.8 Å². The third kappa shape index (κ3) is 4.36. The lowest BCUT2D eigenvalue weighted by molar-refractivity contribution is -0.132. The topological polar surface area (TPSA) is 55.2 Å². The molecule has 7 heteroatoms. The molecule has 1 amide bonds. The SMILES string of the molecule is O=C(Cc1cccs1)N1CCC[C@@H](Cn2nc(-c3cccs3)ccc2=O)C1. The van der Waals surface area contributed by atoms with Crippen molar-refractivity contribution in [3.8, 4) is 10.6 Å². The van der Waals surface area contributed by atoms with Crippen molar-refractivity contribution >= 4 is 28.6 Å². The minimum absolute atomic E-state index is 0.0858. The van der Waals surface area contributed by atoms with Gasteiger partial charge in [0.25, 0.3) is 5.56 Å². The van der Waals surface area contributed by atoms with E-state index >= 15 is 0 Å². The summed E-state index contributed by atoms with van der Waals surface area (Å²) < 4.78 is 1.56. The van der Waals surface area contributed by atoms with Gasteiger partial charge in [-0.15, -0.1) is 22.7 Å². The van der Waals surface area contributed by atoms with Crippen LogP contribution in [0.4, 0.5) is 0 Å². The number of carbonyl (C=O) groups is 1. The zero-order valence-corrected chi connectivity index (χ0v) is 16.5. The number of carbonyl (C=O) groups excluding carboxylic acids is 1. The second-order valence-electron chi connectivity index (χ2n) is 6.82. The van der Waals surface area contributed by atoms with Gasteiger partial charge >= 0.3 is 0 Å². The number of aromatic nitrogens is 2. The molecule has 4 rings (SSSR count). The molecule has 1 atom stereocenters. The van der Waals surface area contributed by atoms with E-state index in [9.17, 15) is 9.59 Å². The first kappa shape index (κ1) is 18.1. The largest absolute Gasteiger partial charge is 0.342 e. The monoisotopic (exact) mass is 399 g/mol. The van der Waals surface area contributed by atoms with Crippen molar-refractivity contribution in [3.05, 3.63) is 62.4 Å². The van der Waals surface area contributed by atoms with Gasteiger partial charge in [-0.2, -0.15) is 5.10 Å². The van der Waals surface area contributed by atoms with Gasteiger partial charge in [-0.05, 0) is 47.7 Å². The number of likely N-dealkylation sites (tertiary alicyclic amines) is 1. The summed E-state index contributed by atoms with van der Waals surface area (Å²) in [5.74, 6) is 0.435. The first-order chi connectivity index (χ1) is 13.2. The Morgan fingerprint density at radius 1 is 1.15 bits per heavy atom. The summed E-state index contributed by atoms with van der Waals surface area (Å²) in [6.07, 6.45) is 2.46. The number of hydrogen-bond acceptors (Lipinski definition) is 5. The van der Waals surface area contributed by atoms with E-state index in [1.165, 1.54) is 0 Å². The van der Waals surface area contributed by atoms with Crippen molar-refractivity contribution in [1.82, 2.24) is 14.7 Å². The third-order valence-electron chi connectivity index (χ3n) is 4.85. The molecular weight excluding hydrogens is 378 g/mol. The van der Waals surface area contributed by atoms with Gasteiger partial charge in [0.1, 0.15) is 5.69 Å². The smallest absolute Gasteiger partial charge is 0.266 e. The van der Waals surface area contributed by atoms with Crippen molar-refractivity contribution in [1.29, 1.82) is 0 Å². The molecule has 1 saturated heterocycles. The highest BCUT2D eigenvalue weighted by Crippen LogP contribution is 2.23. The molecule has 140 valence electrons. The molecule has 1 aliphatic heterocycles. The number of hydrogen-bond donors (Lipinski definition) is 0. The van der Waals surface area contributed by atoms with Crippen LogP contribution in [0.2, 0.25) is 0 Å². The Bertz CT molecular complexity index is 948. The fourth-order valence-electron chi connectivity index (χ4n) is 3.49. The molecule has 0 bridgehead atoms. The standard InChI is InChI=1S/C20H21N3O2S2/c24-19-8-7-17(18-6-3-11-27-18)21-23(19)14-15-4-1-9-22(13-15)20(25)12-16-5-2-10-26-16/h2-3,5-8,10-11,15H,1,4,9,12-14H2/t15-/m1/s1. The lowest BCUT2D eigenvalue weighted by Gasteiger charge is -2.32. The van der Waals surface area contributed by atoms with Gasteiger partial charge in [-0.1, -0.05) is 12.1 Å². The van der Waals surface area contributed by atoms with Gasteiger partial charge in [0.2, 0.25) is 5.91 Å². The molecule has 0 spiro atoms. The minimum Gasteiger partial charge on any atom is -0.342 e. The summed E-state index contributed by atoms with van der Waals surface area (Å²) >= 11 is 3.23. The zero-order valence-electron chi connectivity index (χ0n) is 14.9. The maximum atomic E-state index is 12.6. The summed E-state index contributed by atoms with van der Waals surface area (Å²) in [6, 6.07) is 11.3. The Morgan fingerprint density at radius 2 is 2.00 bits per heavy atom. The number of amides is 1. The van der Waals surface area contributed by atoms with Gasteiger partial charge in [0.15, 0.2) is 0 Å². The molecule has 3 aromatic rings. The highest BCUT2D eigenvalue weighted by atomic mass is 32.1. The van der Waals surface area contributed by atoms with E-state index in [1.807, 2.05) is 39.9 Å². The summed E-state index contributed by atoms with van der Waals surface area (Å²) in [5, 5.41) is 8.56. The summed E-state index contributed by atoms with van der Waals surface area (Å²) in [6.45, 7) is 2.06.